The van der Waals surface area contributed by atoms with E-state index in [4.69, 9.17) is 4.74 Å². The molecule has 0 radical (unpaired) electrons. The molecule has 7 heteroatoms. The summed E-state index contributed by atoms with van der Waals surface area (Å²) >= 11 is 0. The van der Waals surface area contributed by atoms with E-state index in [9.17, 15) is 18.3 Å². The number of alkyl carbamates (subject to hydrolysis) is 1. The van der Waals surface area contributed by atoms with Crippen LogP contribution in [0.4, 0.5) is 4.79 Å². The minimum atomic E-state index is -3.07. The Balaban J connectivity index is 2.66. The minimum absolute atomic E-state index is 0.0317. The van der Waals surface area contributed by atoms with E-state index >= 15 is 0 Å². The highest BCUT2D eigenvalue weighted by Gasteiger charge is 2.31. The zero-order valence-corrected chi connectivity index (χ0v) is 12.5. The Morgan fingerprint density at radius 2 is 1.89 bits per heavy atom. The lowest BCUT2D eigenvalue weighted by Crippen LogP contribution is -2.44. The second-order valence-corrected chi connectivity index (χ2v) is 8.23. The fraction of sp³-hybridized carbons (Fsp3) is 0.917. The number of sulfone groups is 1. The fourth-order valence-electron chi connectivity index (χ4n) is 2.04. The van der Waals surface area contributed by atoms with Crippen LogP contribution in [0.5, 0.6) is 0 Å². The van der Waals surface area contributed by atoms with E-state index in [0.29, 0.717) is 12.8 Å². The summed E-state index contributed by atoms with van der Waals surface area (Å²) in [6, 6.07) is -0.364. The molecule has 2 atom stereocenters. The van der Waals surface area contributed by atoms with Crippen LogP contribution < -0.4 is 5.32 Å². The van der Waals surface area contributed by atoms with Crippen molar-refractivity contribution in [2.75, 3.05) is 18.1 Å². The van der Waals surface area contributed by atoms with Crippen LogP contribution in [0.3, 0.4) is 0 Å². The summed E-state index contributed by atoms with van der Waals surface area (Å²) in [5, 5.41) is 12.0. The lowest BCUT2D eigenvalue weighted by Gasteiger charge is -2.26. The lowest BCUT2D eigenvalue weighted by molar-refractivity contribution is 0.0469. The third-order valence-electron chi connectivity index (χ3n) is 3.05. The molecule has 1 fully saturated rings. The number of rotatable bonds is 2. The van der Waals surface area contributed by atoms with Crippen molar-refractivity contribution < 1.29 is 23.1 Å². The van der Waals surface area contributed by atoms with Crippen molar-refractivity contribution in [1.29, 1.82) is 0 Å². The van der Waals surface area contributed by atoms with E-state index < -0.39 is 21.5 Å². The Labute approximate surface area is 114 Å². The van der Waals surface area contributed by atoms with Crippen molar-refractivity contribution in [2.45, 2.75) is 45.3 Å². The van der Waals surface area contributed by atoms with Gasteiger partial charge in [-0.05, 0) is 33.6 Å². The molecule has 1 aliphatic rings. The van der Waals surface area contributed by atoms with Crippen molar-refractivity contribution >= 4 is 15.9 Å². The highest BCUT2D eigenvalue weighted by molar-refractivity contribution is 7.91. The predicted octanol–water partition coefficient (Wildman–Crippen LogP) is 0.697. The third kappa shape index (κ3) is 5.78. The van der Waals surface area contributed by atoms with Gasteiger partial charge in [0.05, 0.1) is 11.5 Å². The molecule has 0 aromatic rings. The molecule has 0 saturated carbocycles. The average Bonchev–Trinajstić information content (AvgIpc) is 2.36. The van der Waals surface area contributed by atoms with Gasteiger partial charge in [-0.2, -0.15) is 0 Å². The molecule has 6 nitrogen and oxygen atoms in total. The number of carbonyl (C=O) groups is 1. The Bertz CT molecular complexity index is 412. The zero-order valence-electron chi connectivity index (χ0n) is 11.7. The van der Waals surface area contributed by atoms with Crippen LogP contribution in [0, 0.1) is 5.92 Å². The summed E-state index contributed by atoms with van der Waals surface area (Å²) in [6.07, 6.45) is 0.0989. The van der Waals surface area contributed by atoms with Crippen LogP contribution in [0.25, 0.3) is 0 Å². The molecular weight excluding hydrogens is 270 g/mol. The van der Waals surface area contributed by atoms with Gasteiger partial charge in [0.25, 0.3) is 0 Å². The quantitative estimate of drug-likeness (QED) is 0.781. The number of nitrogens with one attached hydrogen (secondary N) is 1. The number of carbonyl (C=O) groups excluding carboxylic acids is 1. The first-order valence-corrected chi connectivity index (χ1v) is 8.26. The maximum Gasteiger partial charge on any atom is 0.407 e. The molecule has 2 N–H and O–H groups in total. The summed E-state index contributed by atoms with van der Waals surface area (Å²) < 4.78 is 28.3. The molecule has 0 aliphatic carbocycles. The summed E-state index contributed by atoms with van der Waals surface area (Å²) in [7, 11) is -3.07. The van der Waals surface area contributed by atoms with Gasteiger partial charge in [0.1, 0.15) is 15.4 Å². The van der Waals surface area contributed by atoms with Crippen molar-refractivity contribution in [1.82, 2.24) is 5.32 Å². The molecule has 0 spiro atoms. The van der Waals surface area contributed by atoms with Crippen LogP contribution in [0.1, 0.15) is 33.6 Å². The van der Waals surface area contributed by atoms with Gasteiger partial charge in [0.2, 0.25) is 0 Å². The molecule has 19 heavy (non-hydrogen) atoms. The first-order valence-electron chi connectivity index (χ1n) is 6.44. The molecule has 1 aliphatic heterocycles. The number of hydrogen-bond donors (Lipinski definition) is 2. The first-order chi connectivity index (χ1) is 8.63. The van der Waals surface area contributed by atoms with Gasteiger partial charge in [-0.25, -0.2) is 13.2 Å². The van der Waals surface area contributed by atoms with Crippen molar-refractivity contribution in [3.63, 3.8) is 0 Å². The van der Waals surface area contributed by atoms with Gasteiger partial charge >= 0.3 is 6.09 Å². The van der Waals surface area contributed by atoms with E-state index in [1.807, 2.05) is 0 Å². The van der Waals surface area contributed by atoms with Gasteiger partial charge < -0.3 is 15.2 Å². The van der Waals surface area contributed by atoms with E-state index in [2.05, 4.69) is 5.32 Å². The van der Waals surface area contributed by atoms with Gasteiger partial charge in [-0.15, -0.1) is 0 Å². The number of ether oxygens (including phenoxy) is 1. The second-order valence-electron chi connectivity index (χ2n) is 5.92. The summed E-state index contributed by atoms with van der Waals surface area (Å²) in [5.74, 6) is -0.154. The molecule has 0 aromatic carbocycles. The zero-order chi connectivity index (χ0) is 14.7. The van der Waals surface area contributed by atoms with Crippen LogP contribution in [0.15, 0.2) is 0 Å². The van der Waals surface area contributed by atoms with Crippen LogP contribution in [0.2, 0.25) is 0 Å². The number of hydrogen-bond acceptors (Lipinski definition) is 5. The smallest absolute Gasteiger partial charge is 0.407 e. The maximum absolute atomic E-state index is 11.7. The minimum Gasteiger partial charge on any atom is -0.444 e. The number of aliphatic hydroxyl groups is 1. The van der Waals surface area contributed by atoms with Crippen LogP contribution in [-0.2, 0) is 14.6 Å². The normalized spacial score (nSPS) is 27.4. The Kier molecular flexibility index (Phi) is 5.20. The average molecular weight is 293 g/mol. The Morgan fingerprint density at radius 1 is 1.32 bits per heavy atom. The molecular formula is C12H23NO5S. The maximum atomic E-state index is 11.7. The van der Waals surface area contributed by atoms with Crippen LogP contribution >= 0.6 is 0 Å². The highest BCUT2D eigenvalue weighted by Crippen LogP contribution is 2.20. The largest absolute Gasteiger partial charge is 0.444 e. The molecule has 1 rings (SSSR count). The SMILES string of the molecule is CC(C)(C)OC(=O)N[C@@H]1CCS(=O)(=O)CC[C@@H]1CO. The highest BCUT2D eigenvalue weighted by atomic mass is 32.2. The predicted molar refractivity (Wildman–Crippen MR) is 71.6 cm³/mol. The van der Waals surface area contributed by atoms with Gasteiger partial charge in [-0.1, -0.05) is 0 Å². The van der Waals surface area contributed by atoms with Crippen LogP contribution in [-0.4, -0.2) is 49.4 Å². The van der Waals surface area contributed by atoms with Crippen molar-refractivity contribution in [2.24, 2.45) is 5.92 Å². The lowest BCUT2D eigenvalue weighted by atomic mass is 9.96. The monoisotopic (exact) mass is 293 g/mol. The Morgan fingerprint density at radius 3 is 2.42 bits per heavy atom. The summed E-state index contributed by atoms with van der Waals surface area (Å²) in [6.45, 7) is 5.13. The van der Waals surface area contributed by atoms with Crippen molar-refractivity contribution in [3.05, 3.63) is 0 Å². The fourth-order valence-corrected chi connectivity index (χ4v) is 3.52. The summed E-state index contributed by atoms with van der Waals surface area (Å²) in [5.41, 5.74) is -0.602. The van der Waals surface area contributed by atoms with E-state index in [1.165, 1.54) is 0 Å². The van der Waals surface area contributed by atoms with Gasteiger partial charge in [0, 0.05) is 18.6 Å². The Hall–Kier alpha value is -0.820. The van der Waals surface area contributed by atoms with E-state index in [-0.39, 0.29) is 30.1 Å². The molecule has 1 amide bonds. The molecule has 0 bridgehead atoms. The molecule has 1 heterocycles. The van der Waals surface area contributed by atoms with Crippen molar-refractivity contribution in [3.8, 4) is 0 Å². The third-order valence-corrected chi connectivity index (χ3v) is 4.76. The molecule has 0 aromatic heterocycles. The first kappa shape index (κ1) is 16.2. The topological polar surface area (TPSA) is 92.7 Å². The number of aliphatic hydroxyl groups excluding tert-OH is 1. The summed E-state index contributed by atoms with van der Waals surface area (Å²) in [4.78, 5) is 11.7. The second kappa shape index (κ2) is 6.09. The van der Waals surface area contributed by atoms with Gasteiger partial charge in [-0.3, -0.25) is 0 Å². The molecule has 1 saturated heterocycles. The van der Waals surface area contributed by atoms with E-state index in [1.54, 1.807) is 20.8 Å². The standard InChI is InChI=1S/C12H23NO5S/c1-12(2,3)18-11(15)13-10-5-7-19(16,17)6-4-9(10)8-14/h9-10,14H,4-8H2,1-3H3,(H,13,15)/t9-,10-/m1/s1. The number of amides is 1. The van der Waals surface area contributed by atoms with E-state index in [0.717, 1.165) is 0 Å². The van der Waals surface area contributed by atoms with Gasteiger partial charge in [0.15, 0.2) is 0 Å². The molecule has 0 unspecified atom stereocenters. The molecule has 112 valence electrons.